The van der Waals surface area contributed by atoms with E-state index in [9.17, 15) is 14.3 Å². The summed E-state index contributed by atoms with van der Waals surface area (Å²) >= 11 is 0. The van der Waals surface area contributed by atoms with Crippen molar-refractivity contribution in [1.82, 2.24) is 0 Å². The van der Waals surface area contributed by atoms with Gasteiger partial charge in [-0.2, -0.15) is 0 Å². The molecule has 65 valence electrons. The summed E-state index contributed by atoms with van der Waals surface area (Å²) in [5.74, 6) is -1.46. The Bertz CT molecular complexity index is 180. The second-order valence-corrected chi connectivity index (χ2v) is 1.60. The first-order chi connectivity index (χ1) is 5.63. The maximum atomic E-state index is 10.4. The third-order valence-electron chi connectivity index (χ3n) is 0.831. The fourth-order valence-corrected chi connectivity index (χ4v) is 0.310. The molecule has 12 heavy (non-hydrogen) atoms. The Morgan fingerprint density at radius 1 is 1.50 bits per heavy atom. The zero-order chi connectivity index (χ0) is 9.56. The summed E-state index contributed by atoms with van der Waals surface area (Å²) < 4.78 is 9.45. The number of aliphatic hydroxyl groups is 2. The molecule has 0 saturated heterocycles. The molecule has 0 aromatic rings. The zero-order valence-electron chi connectivity index (χ0n) is 5.67. The second-order valence-electron chi connectivity index (χ2n) is 1.60. The van der Waals surface area contributed by atoms with Gasteiger partial charge in [-0.15, -0.1) is 0 Å². The van der Waals surface area contributed by atoms with Gasteiger partial charge in [0.25, 0.3) is 0 Å². The van der Waals surface area contributed by atoms with Crippen LogP contribution in [0.3, 0.4) is 0 Å². The summed E-state index contributed by atoms with van der Waals surface area (Å²) in [4.78, 5) is 27.1. The Balaban J connectivity index is 3.91. The van der Waals surface area contributed by atoms with E-state index in [4.69, 9.17) is 10.2 Å². The predicted octanol–water partition coefficient (Wildman–Crippen LogP) is -2.74. The van der Waals surface area contributed by atoms with Gasteiger partial charge in [-0.05, 0) is 0 Å². The van der Waals surface area contributed by atoms with Gasteiger partial charge >= 0.3 is 66.0 Å². The fraction of sp³-hybridized carbons (Fsp3) is 0.500. The van der Waals surface area contributed by atoms with Crippen molar-refractivity contribution in [3.63, 3.8) is 0 Å². The van der Waals surface area contributed by atoms with E-state index >= 15 is 0 Å². The van der Waals surface area contributed by atoms with Crippen molar-refractivity contribution in [1.29, 1.82) is 0 Å². The van der Waals surface area contributed by atoms with Crippen LogP contribution in [0.4, 0.5) is 0 Å². The molecule has 0 amide bonds. The molecule has 0 spiro atoms. The number of aliphatic hydroxyl groups excluding tert-OH is 2. The van der Waals surface area contributed by atoms with Crippen molar-refractivity contribution in [3.05, 3.63) is 0 Å². The first kappa shape index (κ1) is 10.7. The van der Waals surface area contributed by atoms with Crippen LogP contribution in [0.1, 0.15) is 0 Å². The summed E-state index contributed by atoms with van der Waals surface area (Å²) in [6, 6.07) is 0. The van der Waals surface area contributed by atoms with E-state index in [0.29, 0.717) is 0 Å². The van der Waals surface area contributed by atoms with Crippen LogP contribution < -0.4 is 0 Å². The standard InChI is InChI=1S/C4H4BO7/c6-1-2(7)3(8)4(9)11-12-5-10/h2-3,7-8H. The van der Waals surface area contributed by atoms with E-state index in [2.05, 4.69) is 9.69 Å². The van der Waals surface area contributed by atoms with Crippen molar-refractivity contribution in [3.8, 4) is 0 Å². The molecule has 8 heteroatoms. The molecule has 1 radical (unpaired) electrons. The van der Waals surface area contributed by atoms with Gasteiger partial charge in [0.2, 0.25) is 0 Å². The van der Waals surface area contributed by atoms with Crippen LogP contribution in [0.2, 0.25) is 0 Å². The molecule has 0 bridgehead atoms. The number of rotatable bonds is 5. The number of carbonyl (C=O) groups excluding carboxylic acids is 2. The molecule has 2 N–H and O–H groups in total. The van der Waals surface area contributed by atoms with E-state index in [0.717, 1.165) is 6.29 Å². The second kappa shape index (κ2) is 5.39. The molecule has 0 heterocycles. The van der Waals surface area contributed by atoms with Crippen LogP contribution >= 0.6 is 0 Å². The molecule has 0 aliphatic carbocycles. The number of hydrogen-bond donors (Lipinski definition) is 2. The summed E-state index contributed by atoms with van der Waals surface area (Å²) in [7, 11) is -0.207. The first-order valence-electron chi connectivity index (χ1n) is 2.68. The normalized spacial score (nSPS) is 13.8. The van der Waals surface area contributed by atoms with Gasteiger partial charge in [0, 0.05) is 0 Å². The molecule has 0 aliphatic heterocycles. The van der Waals surface area contributed by atoms with E-state index in [1.165, 1.54) is 0 Å². The summed E-state index contributed by atoms with van der Waals surface area (Å²) in [5, 5.41) is 17.1. The molecule has 2 atom stereocenters. The summed E-state index contributed by atoms with van der Waals surface area (Å²) in [5.41, 5.74) is 0. The third kappa shape index (κ3) is 3.22. The minimum absolute atomic E-state index is 0.207. The van der Waals surface area contributed by atoms with Gasteiger partial charge in [0.15, 0.2) is 0 Å². The fourth-order valence-electron chi connectivity index (χ4n) is 0.310. The van der Waals surface area contributed by atoms with Crippen molar-refractivity contribution in [2.45, 2.75) is 12.2 Å². The summed E-state index contributed by atoms with van der Waals surface area (Å²) in [6.45, 7) is 0. The van der Waals surface area contributed by atoms with Crippen LogP contribution in [-0.4, -0.2) is 42.0 Å². The van der Waals surface area contributed by atoms with Crippen LogP contribution in [0.15, 0.2) is 0 Å². The van der Waals surface area contributed by atoms with Crippen molar-refractivity contribution in [2.24, 2.45) is 0 Å². The molecule has 0 saturated carbocycles. The van der Waals surface area contributed by atoms with Crippen LogP contribution in [0.5, 0.6) is 0 Å². The zero-order valence-corrected chi connectivity index (χ0v) is 5.67. The first-order valence-corrected chi connectivity index (χ1v) is 2.68. The Morgan fingerprint density at radius 2 is 2.08 bits per heavy atom. The summed E-state index contributed by atoms with van der Waals surface area (Å²) in [6.07, 6.45) is -3.20. The van der Waals surface area contributed by atoms with Gasteiger partial charge < -0.3 is 0 Å². The van der Waals surface area contributed by atoms with E-state index in [1.807, 2.05) is 0 Å². The minimum atomic E-state index is -2.11. The Labute approximate surface area is 67.1 Å². The molecule has 0 aromatic heterocycles. The van der Waals surface area contributed by atoms with E-state index < -0.39 is 18.2 Å². The van der Waals surface area contributed by atoms with Crippen molar-refractivity contribution < 1.29 is 34.2 Å². The van der Waals surface area contributed by atoms with Gasteiger partial charge in [-0.1, -0.05) is 0 Å². The SMILES string of the molecule is O=BOOC(=O)C(O)C(O)[C]=O. The quantitative estimate of drug-likeness (QED) is 0.264. The van der Waals surface area contributed by atoms with Crippen LogP contribution in [0, 0.1) is 0 Å². The molecule has 2 unspecified atom stereocenters. The Hall–Kier alpha value is -1.28. The van der Waals surface area contributed by atoms with Gasteiger partial charge in [-0.3, -0.25) is 0 Å². The molecule has 0 aliphatic rings. The van der Waals surface area contributed by atoms with E-state index in [1.54, 1.807) is 0 Å². The van der Waals surface area contributed by atoms with Crippen molar-refractivity contribution in [2.75, 3.05) is 0 Å². The van der Waals surface area contributed by atoms with Gasteiger partial charge in [0.05, 0.1) is 0 Å². The molecular weight excluding hydrogens is 171 g/mol. The van der Waals surface area contributed by atoms with Crippen LogP contribution in [0.25, 0.3) is 0 Å². The van der Waals surface area contributed by atoms with Gasteiger partial charge in [-0.25, -0.2) is 0 Å². The average Bonchev–Trinajstić information content (AvgIpc) is 2.11. The molecule has 7 nitrogen and oxygen atoms in total. The average molecular weight is 175 g/mol. The van der Waals surface area contributed by atoms with Crippen LogP contribution in [-0.2, 0) is 24.0 Å². The molecule has 0 rings (SSSR count). The third-order valence-corrected chi connectivity index (χ3v) is 0.831. The number of hydrogen-bond acceptors (Lipinski definition) is 7. The molecule has 0 fully saturated rings. The molecule has 0 aromatic carbocycles. The monoisotopic (exact) mass is 175 g/mol. The Morgan fingerprint density at radius 3 is 2.50 bits per heavy atom. The maximum absolute atomic E-state index is 10.4. The van der Waals surface area contributed by atoms with E-state index in [-0.39, 0.29) is 7.35 Å². The van der Waals surface area contributed by atoms with Crippen molar-refractivity contribution >= 4 is 19.6 Å². The van der Waals surface area contributed by atoms with Gasteiger partial charge in [0.1, 0.15) is 0 Å². The molecular formula is C4H4BO7. The number of carbonyl (C=O) groups is 1. The Kier molecular flexibility index (Phi) is 4.81. The topological polar surface area (TPSA) is 110 Å². The predicted molar refractivity (Wildman–Crippen MR) is 31.3 cm³/mol.